The first kappa shape index (κ1) is 43.9. The number of piperazine rings is 1. The molecule has 1 unspecified atom stereocenters. The third kappa shape index (κ3) is 8.65. The Labute approximate surface area is 384 Å². The van der Waals surface area contributed by atoms with Crippen molar-refractivity contribution in [2.45, 2.75) is 44.4 Å². The Hall–Kier alpha value is -6.95. The zero-order chi connectivity index (χ0) is 46.6. The van der Waals surface area contributed by atoms with Gasteiger partial charge in [-0.05, 0) is 104 Å². The summed E-state index contributed by atoms with van der Waals surface area (Å²) in [6.07, 6.45) is 1.76. The molecule has 4 aromatic carbocycles. The maximum Gasteiger partial charge on any atom is 0.301 e. The van der Waals surface area contributed by atoms with Crippen molar-refractivity contribution >= 4 is 55.9 Å². The lowest BCUT2D eigenvalue weighted by atomic mass is 10.0. The molecule has 5 aliphatic heterocycles. The highest BCUT2D eigenvalue weighted by atomic mass is 32.2. The van der Waals surface area contributed by atoms with Gasteiger partial charge in [0, 0.05) is 88.8 Å². The molecule has 0 bridgehead atoms. The van der Waals surface area contributed by atoms with Crippen LogP contribution in [0.1, 0.15) is 47.2 Å². The maximum atomic E-state index is 15.2. The number of nitrogens with zero attached hydrogens (tertiary/aromatic N) is 8. The van der Waals surface area contributed by atoms with Crippen molar-refractivity contribution in [2.24, 2.45) is 5.92 Å². The number of imide groups is 1. The van der Waals surface area contributed by atoms with Crippen molar-refractivity contribution in [1.82, 2.24) is 29.0 Å². The van der Waals surface area contributed by atoms with E-state index in [9.17, 15) is 37.2 Å². The van der Waals surface area contributed by atoms with Gasteiger partial charge < -0.3 is 19.4 Å². The van der Waals surface area contributed by atoms with Crippen LogP contribution in [0.5, 0.6) is 11.5 Å². The largest absolute Gasteiger partial charge is 0.453 e. The SMILES string of the molecule is N#Cc1c(NS(=O)(=O)N2CC[C@@H](F)C2)ccc(F)c1Oc1ccc2ncn(-c3ccc(N4CCC(CN5CCN(c6ccc7c(c6)CN([C@H]6CCC(=O)NC6=O)C7=O)CC5)C4)cc3)c(=O)c2c1. The third-order valence-electron chi connectivity index (χ3n) is 13.4. The van der Waals surface area contributed by atoms with Crippen LogP contribution in [0.2, 0.25) is 0 Å². The average molecular weight is 933 g/mol. The number of hydrogen-bond acceptors (Lipinski definition) is 12. The molecule has 6 heterocycles. The lowest BCUT2D eigenvalue weighted by Crippen LogP contribution is -2.52. The number of amides is 3. The van der Waals surface area contributed by atoms with Crippen LogP contribution >= 0.6 is 0 Å². The second-order valence-electron chi connectivity index (χ2n) is 17.6. The van der Waals surface area contributed by atoms with Crippen molar-refractivity contribution in [2.75, 3.05) is 73.4 Å². The Morgan fingerprint density at radius 1 is 0.851 bits per heavy atom. The fourth-order valence-electron chi connectivity index (χ4n) is 9.78. The molecule has 67 heavy (non-hydrogen) atoms. The van der Waals surface area contributed by atoms with Crippen molar-refractivity contribution in [3.8, 4) is 23.3 Å². The predicted octanol–water partition coefficient (Wildman–Crippen LogP) is 4.30. The summed E-state index contributed by atoms with van der Waals surface area (Å²) in [5.74, 6) is -1.89. The van der Waals surface area contributed by atoms with Gasteiger partial charge in [0.25, 0.3) is 11.5 Å². The number of carbonyl (C=O) groups is 3. The van der Waals surface area contributed by atoms with E-state index in [0.29, 0.717) is 35.7 Å². The zero-order valence-corrected chi connectivity index (χ0v) is 37.1. The lowest BCUT2D eigenvalue weighted by Gasteiger charge is -2.37. The molecule has 17 nitrogen and oxygen atoms in total. The monoisotopic (exact) mass is 932 g/mol. The molecule has 20 heteroatoms. The summed E-state index contributed by atoms with van der Waals surface area (Å²) in [5.41, 5.74) is 3.46. The number of carbonyl (C=O) groups excluding carboxylic acids is 3. The van der Waals surface area contributed by atoms with Crippen molar-refractivity contribution in [1.29, 1.82) is 5.26 Å². The van der Waals surface area contributed by atoms with Crippen LogP contribution in [-0.4, -0.2) is 121 Å². The highest BCUT2D eigenvalue weighted by Gasteiger charge is 2.39. The fourth-order valence-corrected chi connectivity index (χ4v) is 11.1. The van der Waals surface area contributed by atoms with Gasteiger partial charge in [-0.1, -0.05) is 0 Å². The van der Waals surface area contributed by atoms with Gasteiger partial charge in [-0.15, -0.1) is 0 Å². The number of fused-ring (bicyclic) bond motifs is 2. The van der Waals surface area contributed by atoms with Gasteiger partial charge in [-0.25, -0.2) is 13.8 Å². The van der Waals surface area contributed by atoms with E-state index in [2.05, 4.69) is 35.8 Å². The first-order valence-corrected chi connectivity index (χ1v) is 23.7. The Morgan fingerprint density at radius 2 is 1.63 bits per heavy atom. The summed E-state index contributed by atoms with van der Waals surface area (Å²) in [5, 5.41) is 12.5. The minimum absolute atomic E-state index is 0.0135. The van der Waals surface area contributed by atoms with E-state index in [1.165, 1.54) is 29.1 Å². The van der Waals surface area contributed by atoms with Crippen molar-refractivity contribution in [3.63, 3.8) is 0 Å². The highest BCUT2D eigenvalue weighted by Crippen LogP contribution is 2.36. The van der Waals surface area contributed by atoms with Crippen LogP contribution in [0.15, 0.2) is 83.9 Å². The molecular formula is C47H46F2N10O7S. The highest BCUT2D eigenvalue weighted by molar-refractivity contribution is 7.90. The van der Waals surface area contributed by atoms with Crippen molar-refractivity contribution < 1.29 is 36.3 Å². The number of aromatic nitrogens is 2. The molecule has 5 aromatic rings. The molecule has 346 valence electrons. The molecule has 10 rings (SSSR count). The van der Waals surface area contributed by atoms with E-state index in [4.69, 9.17) is 4.74 Å². The molecule has 0 radical (unpaired) electrons. The summed E-state index contributed by atoms with van der Waals surface area (Å²) < 4.78 is 65.2. The lowest BCUT2D eigenvalue weighted by molar-refractivity contribution is -0.136. The molecular weight excluding hydrogens is 887 g/mol. The predicted molar refractivity (Wildman–Crippen MR) is 244 cm³/mol. The summed E-state index contributed by atoms with van der Waals surface area (Å²) in [4.78, 5) is 64.4. The van der Waals surface area contributed by atoms with Crippen LogP contribution in [-0.2, 0) is 26.3 Å². The Balaban J connectivity index is 0.751. The molecule has 4 fully saturated rings. The van der Waals surface area contributed by atoms with E-state index in [1.54, 1.807) is 11.0 Å². The number of anilines is 3. The van der Waals surface area contributed by atoms with Gasteiger partial charge in [-0.2, -0.15) is 18.0 Å². The summed E-state index contributed by atoms with van der Waals surface area (Å²) in [7, 11) is -4.24. The standard InChI is InChI=1S/C47H46F2N10O7S/c48-31-14-16-57(27-31)67(64,65)53-41-10-8-39(49)44(38(41)23-50)66-35-6-9-40-37(22-35)47(63)59(28-51-40)33-3-1-32(2-4-33)56-15-13-29(25-56)24-54-17-19-55(20-18-54)34-5-7-36-30(21-34)26-58(46(36)62)42-11-12-43(60)52-45(42)61/h1-10,21-22,28-29,31,42,53H,11-20,24-27H2,(H,52,60,61)/t29?,31-,42+/m1/s1. The first-order chi connectivity index (χ1) is 32.3. The number of nitriles is 1. The first-order valence-electron chi connectivity index (χ1n) is 22.3. The van der Waals surface area contributed by atoms with E-state index in [0.717, 1.165) is 85.6 Å². The molecule has 5 aliphatic rings. The zero-order valence-electron chi connectivity index (χ0n) is 36.2. The van der Waals surface area contributed by atoms with Crippen LogP contribution in [0, 0.1) is 23.1 Å². The summed E-state index contributed by atoms with van der Waals surface area (Å²) in [6, 6.07) is 21.2. The number of rotatable bonds is 11. The van der Waals surface area contributed by atoms with Crippen molar-refractivity contribution in [3.05, 3.63) is 112 Å². The number of nitrogens with one attached hydrogen (secondary N) is 2. The number of benzene rings is 4. The smallest absolute Gasteiger partial charge is 0.301 e. The van der Waals surface area contributed by atoms with E-state index in [-0.39, 0.29) is 54.6 Å². The Bertz CT molecular complexity index is 3030. The second-order valence-corrected chi connectivity index (χ2v) is 19.3. The fraction of sp³-hybridized carbons (Fsp3) is 0.362. The number of halogens is 2. The average Bonchev–Trinajstić information content (AvgIpc) is 4.07. The van der Waals surface area contributed by atoms with Gasteiger partial charge in [0.2, 0.25) is 11.8 Å². The minimum Gasteiger partial charge on any atom is -0.453 e. The molecule has 4 saturated heterocycles. The van der Waals surface area contributed by atoms with E-state index in [1.807, 2.05) is 36.4 Å². The third-order valence-corrected chi connectivity index (χ3v) is 14.9. The number of ether oxygens (including phenoxy) is 1. The van der Waals surface area contributed by atoms with Crippen LogP contribution in [0.3, 0.4) is 0 Å². The number of alkyl halides is 1. The summed E-state index contributed by atoms with van der Waals surface area (Å²) in [6.45, 7) is 6.25. The number of hydrogen-bond donors (Lipinski definition) is 2. The van der Waals surface area contributed by atoms with Gasteiger partial charge >= 0.3 is 10.2 Å². The quantitative estimate of drug-likeness (QED) is 0.179. The van der Waals surface area contributed by atoms with Gasteiger partial charge in [0.1, 0.15) is 35.9 Å². The topological polar surface area (TPSA) is 194 Å². The van der Waals surface area contributed by atoms with E-state index < -0.39 is 51.0 Å². The van der Waals surface area contributed by atoms with Crippen LogP contribution in [0.25, 0.3) is 16.6 Å². The Morgan fingerprint density at radius 3 is 2.37 bits per heavy atom. The van der Waals surface area contributed by atoms with Crippen LogP contribution in [0.4, 0.5) is 25.8 Å². The molecule has 3 amide bonds. The molecule has 1 aromatic heterocycles. The second kappa shape index (κ2) is 17.7. The minimum atomic E-state index is -4.24. The Kier molecular flexibility index (Phi) is 11.6. The molecule has 0 spiro atoms. The molecule has 3 atom stereocenters. The van der Waals surface area contributed by atoms with Gasteiger partial charge in [0.15, 0.2) is 11.6 Å². The molecule has 0 aliphatic carbocycles. The molecule has 0 saturated carbocycles. The maximum absolute atomic E-state index is 15.2. The van der Waals surface area contributed by atoms with Gasteiger partial charge in [0.05, 0.1) is 22.3 Å². The van der Waals surface area contributed by atoms with Gasteiger partial charge in [-0.3, -0.25) is 38.7 Å². The van der Waals surface area contributed by atoms with E-state index >= 15 is 4.39 Å². The molecule has 2 N–H and O–H groups in total. The normalized spacial score (nSPS) is 21.5. The van der Waals surface area contributed by atoms with Crippen LogP contribution < -0.4 is 30.1 Å². The number of piperidine rings is 1. The summed E-state index contributed by atoms with van der Waals surface area (Å²) >= 11 is 0.